The van der Waals surface area contributed by atoms with Gasteiger partial charge in [0.2, 0.25) is 0 Å². The Morgan fingerprint density at radius 1 is 1.15 bits per heavy atom. The fourth-order valence-corrected chi connectivity index (χ4v) is 2.86. The molecule has 2 aromatic rings. The number of halogens is 5. The quantitative estimate of drug-likeness (QED) is 0.450. The third-order valence-corrected chi connectivity index (χ3v) is 5.15. The summed E-state index contributed by atoms with van der Waals surface area (Å²) in [6.07, 6.45) is 1.65. The number of pyridine rings is 1. The van der Waals surface area contributed by atoms with Crippen molar-refractivity contribution in [1.82, 2.24) is 4.98 Å². The molecular formula is C13H9BrCl4N2. The number of nitrogens with one attached hydrogen (secondary N) is 1. The number of hydrogen-bond donors (Lipinski definition) is 1. The Morgan fingerprint density at radius 2 is 1.85 bits per heavy atom. The van der Waals surface area contributed by atoms with Crippen LogP contribution in [-0.2, 0) is 0 Å². The summed E-state index contributed by atoms with van der Waals surface area (Å²) >= 11 is 27.4. The lowest BCUT2D eigenvalue weighted by atomic mass is 10.1. The van der Waals surface area contributed by atoms with E-state index >= 15 is 0 Å². The second-order valence-electron chi connectivity index (χ2n) is 4.13. The third kappa shape index (κ3) is 3.52. The molecule has 0 saturated carbocycles. The minimum atomic E-state index is -0.0628. The van der Waals surface area contributed by atoms with Gasteiger partial charge in [-0.1, -0.05) is 52.5 Å². The van der Waals surface area contributed by atoms with Gasteiger partial charge in [-0.3, -0.25) is 0 Å². The van der Waals surface area contributed by atoms with Crippen molar-refractivity contribution in [2.75, 3.05) is 5.32 Å². The van der Waals surface area contributed by atoms with E-state index in [-0.39, 0.29) is 6.04 Å². The van der Waals surface area contributed by atoms with E-state index in [1.807, 2.05) is 19.1 Å². The molecule has 1 unspecified atom stereocenters. The molecular weight excluding hydrogens is 406 g/mol. The van der Waals surface area contributed by atoms with Crippen LogP contribution in [0.25, 0.3) is 0 Å². The molecule has 0 amide bonds. The number of benzene rings is 1. The first-order valence-electron chi connectivity index (χ1n) is 5.61. The van der Waals surface area contributed by atoms with Gasteiger partial charge in [-0.25, -0.2) is 4.98 Å². The van der Waals surface area contributed by atoms with E-state index < -0.39 is 0 Å². The zero-order valence-corrected chi connectivity index (χ0v) is 14.8. The first-order valence-corrected chi connectivity index (χ1v) is 7.91. The van der Waals surface area contributed by atoms with Crippen LogP contribution in [0.3, 0.4) is 0 Å². The third-order valence-electron chi connectivity index (χ3n) is 2.71. The number of rotatable bonds is 3. The van der Waals surface area contributed by atoms with Crippen molar-refractivity contribution in [3.63, 3.8) is 0 Å². The summed E-state index contributed by atoms with van der Waals surface area (Å²) in [5.41, 5.74) is 1.67. The average Bonchev–Trinajstić information content (AvgIpc) is 2.40. The summed E-state index contributed by atoms with van der Waals surface area (Å²) in [5.74, 6) is 0. The molecule has 0 fully saturated rings. The minimum Gasteiger partial charge on any atom is -0.377 e. The fourth-order valence-electron chi connectivity index (χ4n) is 1.70. The van der Waals surface area contributed by atoms with Gasteiger partial charge >= 0.3 is 0 Å². The highest BCUT2D eigenvalue weighted by molar-refractivity contribution is 9.10. The van der Waals surface area contributed by atoms with Crippen molar-refractivity contribution >= 4 is 68.0 Å². The van der Waals surface area contributed by atoms with Gasteiger partial charge in [0.15, 0.2) is 0 Å². The first-order chi connectivity index (χ1) is 9.40. The molecule has 2 nitrogen and oxygen atoms in total. The SMILES string of the molecule is CC(Nc1cnc(Cl)c(Br)c1)c1ccc(Cl)c(Cl)c1Cl. The van der Waals surface area contributed by atoms with Crippen LogP contribution < -0.4 is 5.32 Å². The van der Waals surface area contributed by atoms with E-state index in [9.17, 15) is 0 Å². The zero-order chi connectivity index (χ0) is 14.9. The van der Waals surface area contributed by atoms with Crippen molar-refractivity contribution in [2.24, 2.45) is 0 Å². The van der Waals surface area contributed by atoms with Gasteiger partial charge in [0.1, 0.15) is 5.15 Å². The monoisotopic (exact) mass is 412 g/mol. The molecule has 0 radical (unpaired) electrons. The van der Waals surface area contributed by atoms with E-state index in [0.29, 0.717) is 20.2 Å². The lowest BCUT2D eigenvalue weighted by Crippen LogP contribution is -2.07. The summed E-state index contributed by atoms with van der Waals surface area (Å²) in [6, 6.07) is 5.34. The molecule has 1 aromatic carbocycles. The summed E-state index contributed by atoms with van der Waals surface area (Å²) in [7, 11) is 0. The summed E-state index contributed by atoms with van der Waals surface area (Å²) in [5, 5.41) is 4.92. The molecule has 7 heteroatoms. The van der Waals surface area contributed by atoms with E-state index in [0.717, 1.165) is 15.7 Å². The second-order valence-corrected chi connectivity index (χ2v) is 6.50. The zero-order valence-electron chi connectivity index (χ0n) is 10.2. The summed E-state index contributed by atoms with van der Waals surface area (Å²) in [4.78, 5) is 4.06. The Morgan fingerprint density at radius 3 is 2.50 bits per heavy atom. The van der Waals surface area contributed by atoms with Crippen LogP contribution in [0.2, 0.25) is 20.2 Å². The van der Waals surface area contributed by atoms with Gasteiger partial charge < -0.3 is 5.32 Å². The Labute approximate surface area is 145 Å². The maximum atomic E-state index is 6.21. The van der Waals surface area contributed by atoms with Crippen LogP contribution >= 0.6 is 62.3 Å². The maximum absolute atomic E-state index is 6.21. The standard InChI is InChI=1S/C13H9BrCl4N2/c1-6(8-2-3-10(15)12(17)11(8)16)20-7-4-9(14)13(18)19-5-7/h2-6,20H,1H3. The normalized spacial score (nSPS) is 12.3. The molecule has 1 heterocycles. The van der Waals surface area contributed by atoms with Gasteiger partial charge in [0.05, 0.1) is 37.5 Å². The van der Waals surface area contributed by atoms with E-state index in [2.05, 4.69) is 26.2 Å². The molecule has 0 saturated heterocycles. The largest absolute Gasteiger partial charge is 0.377 e. The van der Waals surface area contributed by atoms with Crippen LogP contribution in [0, 0.1) is 0 Å². The molecule has 20 heavy (non-hydrogen) atoms. The topological polar surface area (TPSA) is 24.9 Å². The highest BCUT2D eigenvalue weighted by atomic mass is 79.9. The predicted octanol–water partition coefficient (Wildman–Crippen LogP) is 6.63. The Hall–Kier alpha value is -0.190. The second kappa shape index (κ2) is 6.71. The smallest absolute Gasteiger partial charge is 0.143 e. The molecule has 0 aliphatic rings. The van der Waals surface area contributed by atoms with Gasteiger partial charge in [-0.15, -0.1) is 0 Å². The van der Waals surface area contributed by atoms with Crippen LogP contribution in [0.4, 0.5) is 5.69 Å². The molecule has 1 N–H and O–H groups in total. The highest BCUT2D eigenvalue weighted by Gasteiger charge is 2.14. The molecule has 1 atom stereocenters. The molecule has 0 bridgehead atoms. The van der Waals surface area contributed by atoms with E-state index in [4.69, 9.17) is 46.4 Å². The Bertz CT molecular complexity index is 649. The number of anilines is 1. The molecule has 0 aliphatic carbocycles. The van der Waals surface area contributed by atoms with Crippen molar-refractivity contribution < 1.29 is 0 Å². The fraction of sp³-hybridized carbons (Fsp3) is 0.154. The van der Waals surface area contributed by atoms with Gasteiger partial charge in [-0.2, -0.15) is 0 Å². The molecule has 106 valence electrons. The van der Waals surface area contributed by atoms with Crippen LogP contribution in [0.15, 0.2) is 28.9 Å². The lowest BCUT2D eigenvalue weighted by Gasteiger charge is -2.18. The maximum Gasteiger partial charge on any atom is 0.143 e. The Kier molecular flexibility index (Phi) is 5.43. The van der Waals surface area contributed by atoms with Gasteiger partial charge in [-0.05, 0) is 40.5 Å². The van der Waals surface area contributed by atoms with E-state index in [1.54, 1.807) is 12.3 Å². The number of hydrogen-bond acceptors (Lipinski definition) is 2. The highest BCUT2D eigenvalue weighted by Crippen LogP contribution is 2.36. The molecule has 2 rings (SSSR count). The minimum absolute atomic E-state index is 0.0628. The van der Waals surface area contributed by atoms with Crippen LogP contribution in [-0.4, -0.2) is 4.98 Å². The van der Waals surface area contributed by atoms with Crippen molar-refractivity contribution in [2.45, 2.75) is 13.0 Å². The average molecular weight is 415 g/mol. The van der Waals surface area contributed by atoms with Crippen molar-refractivity contribution in [3.05, 3.63) is 54.7 Å². The van der Waals surface area contributed by atoms with Gasteiger partial charge in [0.25, 0.3) is 0 Å². The van der Waals surface area contributed by atoms with Crippen LogP contribution in [0.1, 0.15) is 18.5 Å². The summed E-state index contributed by atoms with van der Waals surface area (Å²) in [6.45, 7) is 1.97. The van der Waals surface area contributed by atoms with Crippen molar-refractivity contribution in [3.8, 4) is 0 Å². The van der Waals surface area contributed by atoms with Crippen LogP contribution in [0.5, 0.6) is 0 Å². The Balaban J connectivity index is 2.26. The lowest BCUT2D eigenvalue weighted by molar-refractivity contribution is 0.883. The first kappa shape index (κ1) is 16.2. The van der Waals surface area contributed by atoms with Gasteiger partial charge in [0, 0.05) is 0 Å². The number of aromatic nitrogens is 1. The molecule has 1 aromatic heterocycles. The summed E-state index contributed by atoms with van der Waals surface area (Å²) < 4.78 is 0.719. The number of nitrogens with zero attached hydrogens (tertiary/aromatic N) is 1. The van der Waals surface area contributed by atoms with E-state index in [1.165, 1.54) is 0 Å². The molecule has 0 spiro atoms. The molecule has 0 aliphatic heterocycles. The predicted molar refractivity (Wildman–Crippen MR) is 90.5 cm³/mol. The van der Waals surface area contributed by atoms with Crippen molar-refractivity contribution in [1.29, 1.82) is 0 Å².